The zero-order chi connectivity index (χ0) is 38.4. The molecule has 0 aliphatic rings. The van der Waals surface area contributed by atoms with E-state index in [1.807, 2.05) is 80.1 Å². The minimum atomic E-state index is -4.11. The van der Waals surface area contributed by atoms with Crippen molar-refractivity contribution in [2.45, 2.75) is 70.3 Å². The lowest BCUT2D eigenvalue weighted by Crippen LogP contribution is -2.53. The number of nitrogens with zero attached hydrogens (tertiary/aromatic N) is 6. The number of aromatic hydroxyl groups is 1. The minimum absolute atomic E-state index is 0.00847. The third-order valence-corrected chi connectivity index (χ3v) is 11.1. The van der Waals surface area contributed by atoms with Crippen LogP contribution in [0.2, 0.25) is 0 Å². The van der Waals surface area contributed by atoms with Crippen molar-refractivity contribution in [3.05, 3.63) is 117 Å². The Morgan fingerprint density at radius 1 is 0.943 bits per heavy atom. The SMILES string of the molecule is CC(C)CN(C[C@@H](O)[C@H](Cc1ccccc1)NC(=O)[C@H](C(C)C)n1cc(O)n(Cc2nc3ccccc3n2C)c1=O)S(=O)(=O)c1ccc(CN=O)cc1. The predicted molar refractivity (Wildman–Crippen MR) is 202 cm³/mol. The van der Waals surface area contributed by atoms with Crippen LogP contribution >= 0.6 is 0 Å². The zero-order valence-electron chi connectivity index (χ0n) is 30.5. The lowest BCUT2D eigenvalue weighted by molar-refractivity contribution is -0.127. The molecular weight excluding hydrogens is 699 g/mol. The van der Waals surface area contributed by atoms with Gasteiger partial charge in [0.25, 0.3) is 0 Å². The molecular formula is C38H47N7O7S. The van der Waals surface area contributed by atoms with E-state index < -0.39 is 45.7 Å². The average Bonchev–Trinajstić information content (AvgIpc) is 3.58. The van der Waals surface area contributed by atoms with Crippen molar-refractivity contribution in [3.8, 4) is 5.88 Å². The van der Waals surface area contributed by atoms with E-state index in [-0.39, 0.29) is 49.3 Å². The molecule has 3 aromatic carbocycles. The third-order valence-electron chi connectivity index (χ3n) is 9.22. The molecule has 0 spiro atoms. The van der Waals surface area contributed by atoms with Gasteiger partial charge in [-0.2, -0.15) is 9.21 Å². The van der Waals surface area contributed by atoms with E-state index in [4.69, 9.17) is 0 Å². The molecule has 5 aromatic rings. The van der Waals surface area contributed by atoms with Crippen molar-refractivity contribution in [2.75, 3.05) is 13.1 Å². The molecule has 2 aromatic heterocycles. The molecule has 5 rings (SSSR count). The number of aryl methyl sites for hydroxylation is 1. The van der Waals surface area contributed by atoms with Crippen LogP contribution < -0.4 is 11.0 Å². The maximum atomic E-state index is 14.2. The number of rotatable bonds is 17. The number of aliphatic hydroxyl groups excluding tert-OH is 1. The number of nitrogens with one attached hydrogen (secondary N) is 1. The summed E-state index contributed by atoms with van der Waals surface area (Å²) in [6.45, 7) is 6.88. The van der Waals surface area contributed by atoms with E-state index in [0.717, 1.165) is 21.2 Å². The van der Waals surface area contributed by atoms with E-state index in [1.54, 1.807) is 13.8 Å². The summed E-state index contributed by atoms with van der Waals surface area (Å²) in [4.78, 5) is 43.4. The Labute approximate surface area is 308 Å². The molecule has 0 aliphatic heterocycles. The Balaban J connectivity index is 1.43. The van der Waals surface area contributed by atoms with Gasteiger partial charge in [-0.3, -0.25) is 13.9 Å². The van der Waals surface area contributed by atoms with E-state index >= 15 is 0 Å². The molecule has 1 amide bonds. The Hall–Kier alpha value is -5.12. The summed E-state index contributed by atoms with van der Waals surface area (Å²) < 4.78 is 33.2. The topological polar surface area (TPSA) is 181 Å². The van der Waals surface area contributed by atoms with Crippen molar-refractivity contribution in [1.29, 1.82) is 0 Å². The summed E-state index contributed by atoms with van der Waals surface area (Å²) in [5.41, 5.74) is 2.34. The van der Waals surface area contributed by atoms with E-state index in [9.17, 15) is 33.1 Å². The highest BCUT2D eigenvalue weighted by molar-refractivity contribution is 7.89. The Kier molecular flexibility index (Phi) is 12.3. The van der Waals surface area contributed by atoms with Gasteiger partial charge in [-0.25, -0.2) is 18.2 Å². The van der Waals surface area contributed by atoms with Crippen LogP contribution in [0.25, 0.3) is 11.0 Å². The van der Waals surface area contributed by atoms with Crippen LogP contribution in [0.15, 0.2) is 99.9 Å². The maximum Gasteiger partial charge on any atom is 0.332 e. The Bertz CT molecular complexity index is 2190. The molecule has 15 heteroatoms. The zero-order valence-corrected chi connectivity index (χ0v) is 31.3. The van der Waals surface area contributed by atoms with Crippen LogP contribution in [0.4, 0.5) is 0 Å². The van der Waals surface area contributed by atoms with Gasteiger partial charge in [-0.1, -0.05) is 87.5 Å². The Morgan fingerprint density at radius 3 is 2.23 bits per heavy atom. The summed E-state index contributed by atoms with van der Waals surface area (Å²) in [6, 6.07) is 20.5. The highest BCUT2D eigenvalue weighted by Crippen LogP contribution is 2.24. The number of amides is 1. The van der Waals surface area contributed by atoms with Crippen molar-refractivity contribution in [2.24, 2.45) is 24.1 Å². The largest absolute Gasteiger partial charge is 0.493 e. The number of aromatic nitrogens is 4. The first kappa shape index (κ1) is 39.1. The number of imidazole rings is 2. The normalized spacial score (nSPS) is 13.8. The van der Waals surface area contributed by atoms with Gasteiger partial charge >= 0.3 is 5.69 Å². The van der Waals surface area contributed by atoms with Crippen LogP contribution in [0.3, 0.4) is 0 Å². The maximum absolute atomic E-state index is 14.2. The number of carbonyl (C=O) groups excluding carboxylic acids is 1. The van der Waals surface area contributed by atoms with Crippen LogP contribution in [-0.2, 0) is 41.4 Å². The quantitative estimate of drug-likeness (QED) is 0.119. The molecule has 0 bridgehead atoms. The fourth-order valence-electron chi connectivity index (χ4n) is 6.49. The number of carbonyl (C=O) groups is 1. The highest BCUT2D eigenvalue weighted by Gasteiger charge is 2.34. The molecule has 0 unspecified atom stereocenters. The van der Waals surface area contributed by atoms with Gasteiger partial charge in [-0.05, 0) is 53.6 Å². The van der Waals surface area contributed by atoms with Gasteiger partial charge in [0.1, 0.15) is 18.4 Å². The number of sulfonamides is 1. The first-order valence-corrected chi connectivity index (χ1v) is 19.0. The smallest absolute Gasteiger partial charge is 0.332 e. The molecule has 3 N–H and O–H groups in total. The molecule has 3 atom stereocenters. The average molecular weight is 746 g/mol. The second-order valence-corrected chi connectivity index (χ2v) is 16.0. The first-order valence-electron chi connectivity index (χ1n) is 17.5. The molecule has 14 nitrogen and oxygen atoms in total. The summed E-state index contributed by atoms with van der Waals surface area (Å²) in [5.74, 6) is -0.919. The summed E-state index contributed by atoms with van der Waals surface area (Å²) in [7, 11) is -2.28. The molecule has 0 saturated heterocycles. The number of nitroso groups, excluding NO2 is 1. The second-order valence-electron chi connectivity index (χ2n) is 14.0. The minimum Gasteiger partial charge on any atom is -0.493 e. The highest BCUT2D eigenvalue weighted by atomic mass is 32.2. The fourth-order valence-corrected chi connectivity index (χ4v) is 8.11. The van der Waals surface area contributed by atoms with Crippen LogP contribution in [0.5, 0.6) is 5.88 Å². The monoisotopic (exact) mass is 745 g/mol. The molecule has 0 aliphatic carbocycles. The predicted octanol–water partition coefficient (Wildman–Crippen LogP) is 4.19. The molecule has 2 heterocycles. The summed E-state index contributed by atoms with van der Waals surface area (Å²) in [6.07, 6.45) is 0.0204. The number of fused-ring (bicyclic) bond motifs is 1. The van der Waals surface area contributed by atoms with Gasteiger partial charge in [0.05, 0.1) is 40.8 Å². The van der Waals surface area contributed by atoms with E-state index in [0.29, 0.717) is 11.4 Å². The first-order chi connectivity index (χ1) is 25.2. The van der Waals surface area contributed by atoms with Gasteiger partial charge in [0.15, 0.2) is 0 Å². The molecule has 0 radical (unpaired) electrons. The van der Waals surface area contributed by atoms with Gasteiger partial charge in [0.2, 0.25) is 21.8 Å². The van der Waals surface area contributed by atoms with E-state index in [2.05, 4.69) is 15.5 Å². The van der Waals surface area contributed by atoms with Crippen LogP contribution in [-0.4, -0.2) is 72.8 Å². The van der Waals surface area contributed by atoms with Crippen molar-refractivity contribution in [1.82, 2.24) is 28.3 Å². The molecule has 53 heavy (non-hydrogen) atoms. The van der Waals surface area contributed by atoms with Crippen molar-refractivity contribution in [3.63, 3.8) is 0 Å². The van der Waals surface area contributed by atoms with Gasteiger partial charge in [0, 0.05) is 20.1 Å². The van der Waals surface area contributed by atoms with Crippen LogP contribution in [0.1, 0.15) is 50.7 Å². The fraction of sp³-hybridized carbons (Fsp3) is 0.395. The lowest BCUT2D eigenvalue weighted by atomic mass is 9.98. The third kappa shape index (κ3) is 8.92. The van der Waals surface area contributed by atoms with Gasteiger partial charge < -0.3 is 20.1 Å². The van der Waals surface area contributed by atoms with Crippen LogP contribution in [0, 0.1) is 16.7 Å². The van der Waals surface area contributed by atoms with Crippen molar-refractivity contribution >= 4 is 27.0 Å². The molecule has 0 fully saturated rings. The molecule has 0 saturated carbocycles. The second kappa shape index (κ2) is 16.7. The lowest BCUT2D eigenvalue weighted by Gasteiger charge is -2.32. The van der Waals surface area contributed by atoms with Gasteiger partial charge in [-0.15, -0.1) is 0 Å². The van der Waals surface area contributed by atoms with E-state index in [1.165, 1.54) is 39.3 Å². The summed E-state index contributed by atoms with van der Waals surface area (Å²) >= 11 is 0. The number of hydrogen-bond donors (Lipinski definition) is 3. The standard InChI is InChI=1S/C38H47N7O7S/c1-25(2)21-43(53(51,52)29-17-15-28(16-18-29)20-39-50)22-33(46)31(19-27-11-7-6-8-12-27)41-37(48)36(26(3)4)45-24-35(47)44(38(45)49)23-34-40-30-13-9-10-14-32(30)42(34)5/h6-18,24-26,31,33,36,46-47H,19-23H2,1-5H3,(H,41,48)/t31-,33+,36-/m0/s1. The Morgan fingerprint density at radius 2 is 1.60 bits per heavy atom. The van der Waals surface area contributed by atoms with Crippen molar-refractivity contribution < 1.29 is 23.4 Å². The number of aliphatic hydroxyl groups is 1. The molecule has 282 valence electrons. The summed E-state index contributed by atoms with van der Waals surface area (Å²) in [5, 5.41) is 28.5. The number of hydrogen-bond acceptors (Lipinski definition) is 9. The number of para-hydroxylation sites is 2. The number of benzene rings is 3.